The number of anilines is 1. The van der Waals surface area contributed by atoms with Crippen LogP contribution in [-0.4, -0.2) is 53.7 Å². The summed E-state index contributed by atoms with van der Waals surface area (Å²) in [6, 6.07) is 31.1. The average molecular weight is 655 g/mol. The fraction of sp³-hybridized carbons (Fsp3) is 0.306. The van der Waals surface area contributed by atoms with Crippen molar-refractivity contribution in [3.05, 3.63) is 130 Å². The molecular weight excluding hydrogens is 616 g/mol. The predicted octanol–water partition coefficient (Wildman–Crippen LogP) is 5.51. The van der Waals surface area contributed by atoms with E-state index in [0.717, 1.165) is 48.1 Å². The Morgan fingerprint density at radius 2 is 1.60 bits per heavy atom. The zero-order valence-electron chi connectivity index (χ0n) is 25.9. The Labute approximate surface area is 273 Å². The molecular formula is C36H38N4O6S. The third-order valence-electron chi connectivity index (χ3n) is 9.09. The molecule has 1 aromatic heterocycles. The molecule has 3 heterocycles. The fourth-order valence-electron chi connectivity index (χ4n) is 6.68. The van der Waals surface area contributed by atoms with Crippen LogP contribution in [0.15, 0.2) is 113 Å². The number of nitrogens with one attached hydrogen (secondary N) is 2. The lowest BCUT2D eigenvalue weighted by molar-refractivity contribution is -0.253. The summed E-state index contributed by atoms with van der Waals surface area (Å²) in [5.41, 5.74) is 4.66. The van der Waals surface area contributed by atoms with Crippen molar-refractivity contribution in [3.8, 4) is 0 Å². The highest BCUT2D eigenvalue weighted by Gasteiger charge is 2.34. The summed E-state index contributed by atoms with van der Waals surface area (Å²) in [5.74, 6) is 0. The van der Waals surface area contributed by atoms with Crippen LogP contribution in [-0.2, 0) is 26.1 Å². The van der Waals surface area contributed by atoms with Crippen molar-refractivity contribution < 1.29 is 23.0 Å². The number of sulfonamides is 1. The van der Waals surface area contributed by atoms with Gasteiger partial charge in [0.15, 0.2) is 6.29 Å². The second-order valence-corrected chi connectivity index (χ2v) is 13.9. The lowest BCUT2D eigenvalue weighted by atomic mass is 9.98. The first-order chi connectivity index (χ1) is 22.9. The zero-order valence-corrected chi connectivity index (χ0v) is 26.7. The summed E-state index contributed by atoms with van der Waals surface area (Å²) in [5, 5.41) is 9.55. The molecule has 47 heavy (non-hydrogen) atoms. The van der Waals surface area contributed by atoms with E-state index in [1.807, 2.05) is 59.2 Å². The Hall–Kier alpha value is -4.26. The van der Waals surface area contributed by atoms with Gasteiger partial charge in [-0.2, -0.15) is 0 Å². The molecule has 0 radical (unpaired) electrons. The maximum Gasteiger partial charge on any atom is 0.326 e. The van der Waals surface area contributed by atoms with Crippen molar-refractivity contribution in [2.45, 2.75) is 55.3 Å². The Kier molecular flexibility index (Phi) is 8.98. The zero-order chi connectivity index (χ0) is 32.4. The number of hydrogen-bond acceptors (Lipinski definition) is 7. The molecule has 2 aliphatic rings. The van der Waals surface area contributed by atoms with Crippen molar-refractivity contribution in [2.75, 3.05) is 24.4 Å². The number of likely N-dealkylation sites (tertiary alicyclic amines) is 1. The lowest BCUT2D eigenvalue weighted by Crippen LogP contribution is -2.43. The van der Waals surface area contributed by atoms with Crippen LogP contribution in [0.3, 0.4) is 0 Å². The van der Waals surface area contributed by atoms with Gasteiger partial charge < -0.3 is 24.5 Å². The first-order valence-electron chi connectivity index (χ1n) is 16.0. The van der Waals surface area contributed by atoms with Crippen LogP contribution in [0.4, 0.5) is 5.69 Å². The van der Waals surface area contributed by atoms with Gasteiger partial charge in [0, 0.05) is 43.3 Å². The van der Waals surface area contributed by atoms with Gasteiger partial charge in [0.1, 0.15) is 0 Å². The van der Waals surface area contributed by atoms with Crippen molar-refractivity contribution in [1.29, 1.82) is 0 Å². The number of rotatable bonds is 9. The largest absolute Gasteiger partial charge is 0.392 e. The molecule has 0 unspecified atom stereocenters. The highest BCUT2D eigenvalue weighted by Crippen LogP contribution is 2.39. The number of hydrogen-bond donors (Lipinski definition) is 3. The smallest absolute Gasteiger partial charge is 0.326 e. The maximum atomic E-state index is 13.0. The Morgan fingerprint density at radius 3 is 2.36 bits per heavy atom. The maximum absolute atomic E-state index is 13.0. The van der Waals surface area contributed by atoms with Gasteiger partial charge in [-0.25, -0.2) is 13.2 Å². The third kappa shape index (κ3) is 6.90. The van der Waals surface area contributed by atoms with Gasteiger partial charge in [-0.3, -0.25) is 9.29 Å². The second kappa shape index (κ2) is 13.5. The Bertz CT molecular complexity index is 1990. The molecule has 4 aromatic carbocycles. The van der Waals surface area contributed by atoms with Gasteiger partial charge in [0.2, 0.25) is 0 Å². The normalized spacial score (nSPS) is 21.2. The van der Waals surface area contributed by atoms with Gasteiger partial charge in [-0.1, -0.05) is 66.7 Å². The first-order valence-corrected chi connectivity index (χ1v) is 17.4. The summed E-state index contributed by atoms with van der Waals surface area (Å²) in [6.07, 6.45) is 1.19. The van der Waals surface area contributed by atoms with Crippen molar-refractivity contribution >= 4 is 26.7 Å². The quantitative estimate of drug-likeness (QED) is 0.192. The van der Waals surface area contributed by atoms with Gasteiger partial charge in [0.25, 0.3) is 10.0 Å². The van der Waals surface area contributed by atoms with E-state index in [2.05, 4.69) is 14.6 Å². The molecule has 0 aliphatic carbocycles. The van der Waals surface area contributed by atoms with Gasteiger partial charge >= 0.3 is 5.69 Å². The van der Waals surface area contributed by atoms with Crippen LogP contribution in [0.1, 0.15) is 54.4 Å². The standard InChI is InChI=1S/C36H38N4O6S/c41-24-25-13-15-26(16-14-25)34-22-30(23-39-19-17-29(18-20-39)40-33-12-5-4-11-32(33)37-36(40)42)45-35(46-34)27-7-6-8-28(21-27)38-47(43,44)31-9-2-1-3-10-31/h1-16,21,29-30,34-35,38,41H,17-20,22-24H2,(H,37,42)/t30-,34+,35+/m1/s1. The summed E-state index contributed by atoms with van der Waals surface area (Å²) in [7, 11) is -3.77. The summed E-state index contributed by atoms with van der Waals surface area (Å²) in [6.45, 7) is 2.32. The van der Waals surface area contributed by atoms with E-state index in [-0.39, 0.29) is 35.4 Å². The van der Waals surface area contributed by atoms with Crippen LogP contribution in [0, 0.1) is 0 Å². The molecule has 0 spiro atoms. The highest BCUT2D eigenvalue weighted by molar-refractivity contribution is 7.92. The van der Waals surface area contributed by atoms with Crippen LogP contribution >= 0.6 is 0 Å². The number of H-pyrrole nitrogens is 1. The number of para-hydroxylation sites is 2. The number of piperidine rings is 1. The molecule has 7 rings (SSSR count). The molecule has 0 saturated carbocycles. The van der Waals surface area contributed by atoms with E-state index in [0.29, 0.717) is 24.2 Å². The van der Waals surface area contributed by atoms with Gasteiger partial charge in [-0.15, -0.1) is 0 Å². The summed E-state index contributed by atoms with van der Waals surface area (Å²) in [4.78, 5) is 18.4. The second-order valence-electron chi connectivity index (χ2n) is 12.2. The molecule has 2 aliphatic heterocycles. The topological polar surface area (TPSA) is 126 Å². The molecule has 0 bridgehead atoms. The first kappa shape index (κ1) is 31.3. The molecule has 10 nitrogen and oxygen atoms in total. The summed E-state index contributed by atoms with van der Waals surface area (Å²) >= 11 is 0. The third-order valence-corrected chi connectivity index (χ3v) is 10.5. The monoisotopic (exact) mass is 654 g/mol. The van der Waals surface area contributed by atoms with Crippen LogP contribution < -0.4 is 10.4 Å². The molecule has 0 amide bonds. The molecule has 5 aromatic rings. The van der Waals surface area contributed by atoms with E-state index < -0.39 is 16.3 Å². The number of ether oxygens (including phenoxy) is 2. The van der Waals surface area contributed by atoms with Crippen molar-refractivity contribution in [3.63, 3.8) is 0 Å². The number of aromatic nitrogens is 2. The number of aliphatic hydroxyl groups is 1. The molecule has 244 valence electrons. The molecule has 2 saturated heterocycles. The number of benzene rings is 4. The highest BCUT2D eigenvalue weighted by atomic mass is 32.2. The van der Waals surface area contributed by atoms with Crippen LogP contribution in [0.2, 0.25) is 0 Å². The number of aromatic amines is 1. The van der Waals surface area contributed by atoms with Crippen molar-refractivity contribution in [1.82, 2.24) is 14.5 Å². The van der Waals surface area contributed by atoms with E-state index in [1.54, 1.807) is 48.5 Å². The van der Waals surface area contributed by atoms with E-state index in [4.69, 9.17) is 9.47 Å². The lowest BCUT2D eigenvalue weighted by Gasteiger charge is -2.40. The van der Waals surface area contributed by atoms with Crippen LogP contribution in [0.5, 0.6) is 0 Å². The van der Waals surface area contributed by atoms with Crippen molar-refractivity contribution in [2.24, 2.45) is 0 Å². The number of fused-ring (bicyclic) bond motifs is 1. The number of nitrogens with zero attached hydrogens (tertiary/aromatic N) is 2. The average Bonchev–Trinajstić information content (AvgIpc) is 3.44. The Balaban J connectivity index is 1.08. The SMILES string of the molecule is O=c1[nH]c2ccccc2n1C1CCN(C[C@H]2C[C@@H](c3ccc(CO)cc3)O[C@@H](c3cccc(NS(=O)(=O)c4ccccc4)c3)O2)CC1. The minimum atomic E-state index is -3.77. The number of imidazole rings is 1. The fourth-order valence-corrected chi connectivity index (χ4v) is 7.75. The van der Waals surface area contributed by atoms with Gasteiger partial charge in [-0.05, 0) is 60.4 Å². The summed E-state index contributed by atoms with van der Waals surface area (Å²) < 4.78 is 43.7. The number of aliphatic hydroxyl groups excluding tert-OH is 1. The van der Waals surface area contributed by atoms with E-state index in [1.165, 1.54) is 0 Å². The molecule has 3 atom stereocenters. The molecule has 2 fully saturated rings. The van der Waals surface area contributed by atoms with E-state index in [9.17, 15) is 18.3 Å². The minimum Gasteiger partial charge on any atom is -0.392 e. The van der Waals surface area contributed by atoms with E-state index >= 15 is 0 Å². The minimum absolute atomic E-state index is 0.0352. The van der Waals surface area contributed by atoms with Gasteiger partial charge in [0.05, 0.1) is 34.7 Å². The predicted molar refractivity (Wildman–Crippen MR) is 179 cm³/mol. The molecule has 3 N–H and O–H groups in total. The molecule has 11 heteroatoms. The Morgan fingerprint density at radius 1 is 0.851 bits per heavy atom. The van der Waals surface area contributed by atoms with Crippen LogP contribution in [0.25, 0.3) is 11.0 Å².